The maximum Gasteiger partial charge on any atom is 0.0499 e. The van der Waals surface area contributed by atoms with Crippen LogP contribution in [-0.4, -0.2) is 53.7 Å². The highest BCUT2D eigenvalue weighted by molar-refractivity contribution is 5.16. The second kappa shape index (κ2) is 9.88. The van der Waals surface area contributed by atoms with Crippen molar-refractivity contribution in [1.29, 1.82) is 0 Å². The summed E-state index contributed by atoms with van der Waals surface area (Å²) in [5.74, 6) is 0. The largest absolute Gasteiger partial charge is 0.396 e. The lowest BCUT2D eigenvalue weighted by Gasteiger charge is -2.47. The lowest BCUT2D eigenvalue weighted by molar-refractivity contribution is -0.00805. The number of benzene rings is 2. The standard InChI is InChI=1S/C26H36N2O/c29-22-26(16-12-23-8-3-1-4-9-23)15-7-17-28(21-26)25-13-18-27(19-14-25)20-24-10-5-2-6-11-24/h1-6,8-11,25,29H,7,12-22H2. The Morgan fingerprint density at radius 2 is 1.52 bits per heavy atom. The van der Waals surface area contributed by atoms with Crippen molar-refractivity contribution >= 4 is 0 Å². The zero-order valence-corrected chi connectivity index (χ0v) is 17.7. The molecule has 0 saturated carbocycles. The summed E-state index contributed by atoms with van der Waals surface area (Å²) in [7, 11) is 0. The molecule has 3 nitrogen and oxygen atoms in total. The summed E-state index contributed by atoms with van der Waals surface area (Å²) in [4.78, 5) is 5.31. The molecule has 2 aromatic rings. The number of aryl methyl sites for hydroxylation is 1. The van der Waals surface area contributed by atoms with Crippen molar-refractivity contribution in [2.45, 2.75) is 51.1 Å². The van der Waals surface area contributed by atoms with Gasteiger partial charge in [0.1, 0.15) is 0 Å². The van der Waals surface area contributed by atoms with Crippen LogP contribution in [0.1, 0.15) is 43.2 Å². The van der Waals surface area contributed by atoms with Gasteiger partial charge in [0, 0.05) is 31.2 Å². The van der Waals surface area contributed by atoms with Crippen molar-refractivity contribution in [3.63, 3.8) is 0 Å². The quantitative estimate of drug-likeness (QED) is 0.758. The van der Waals surface area contributed by atoms with Crippen LogP contribution >= 0.6 is 0 Å². The second-order valence-corrected chi connectivity index (χ2v) is 9.21. The SMILES string of the molecule is OCC1(CCc2ccccc2)CCCN(C2CCN(Cc3ccccc3)CC2)C1. The smallest absolute Gasteiger partial charge is 0.0499 e. The summed E-state index contributed by atoms with van der Waals surface area (Å²) >= 11 is 0. The number of nitrogens with zero attached hydrogens (tertiary/aromatic N) is 2. The first-order valence-corrected chi connectivity index (χ1v) is 11.4. The summed E-state index contributed by atoms with van der Waals surface area (Å²) in [6.45, 7) is 6.04. The van der Waals surface area contributed by atoms with E-state index in [0.29, 0.717) is 12.6 Å². The van der Waals surface area contributed by atoms with Crippen LogP contribution in [-0.2, 0) is 13.0 Å². The highest BCUT2D eigenvalue weighted by atomic mass is 16.3. The Balaban J connectivity index is 1.30. The van der Waals surface area contributed by atoms with Crippen LogP contribution in [0.4, 0.5) is 0 Å². The van der Waals surface area contributed by atoms with Gasteiger partial charge < -0.3 is 5.11 Å². The molecule has 2 fully saturated rings. The number of rotatable bonds is 7. The zero-order valence-electron chi connectivity index (χ0n) is 17.7. The molecular formula is C26H36N2O. The van der Waals surface area contributed by atoms with Crippen molar-refractivity contribution in [1.82, 2.24) is 9.80 Å². The molecule has 2 aromatic carbocycles. The maximum atomic E-state index is 10.3. The highest BCUT2D eigenvalue weighted by Crippen LogP contribution is 2.36. The third-order valence-corrected chi connectivity index (χ3v) is 7.14. The molecule has 0 radical (unpaired) electrons. The Bertz CT molecular complexity index is 727. The van der Waals surface area contributed by atoms with E-state index < -0.39 is 0 Å². The normalized spacial score (nSPS) is 24.6. The van der Waals surface area contributed by atoms with Gasteiger partial charge in [-0.25, -0.2) is 0 Å². The van der Waals surface area contributed by atoms with Gasteiger partial charge >= 0.3 is 0 Å². The van der Waals surface area contributed by atoms with E-state index in [0.717, 1.165) is 25.9 Å². The molecule has 2 aliphatic heterocycles. The molecular weight excluding hydrogens is 356 g/mol. The molecule has 3 heteroatoms. The fraction of sp³-hybridized carbons (Fsp3) is 0.538. The van der Waals surface area contributed by atoms with Crippen LogP contribution in [0.2, 0.25) is 0 Å². The number of hydrogen-bond donors (Lipinski definition) is 1. The van der Waals surface area contributed by atoms with E-state index in [2.05, 4.69) is 70.5 Å². The van der Waals surface area contributed by atoms with Crippen molar-refractivity contribution in [2.24, 2.45) is 5.41 Å². The molecule has 1 atom stereocenters. The van der Waals surface area contributed by atoms with Crippen molar-refractivity contribution in [3.05, 3.63) is 71.8 Å². The van der Waals surface area contributed by atoms with Crippen LogP contribution < -0.4 is 0 Å². The predicted octanol–water partition coefficient (Wildman–Crippen LogP) is 4.36. The topological polar surface area (TPSA) is 26.7 Å². The van der Waals surface area contributed by atoms with Gasteiger partial charge in [-0.3, -0.25) is 9.80 Å². The first-order valence-electron chi connectivity index (χ1n) is 11.4. The van der Waals surface area contributed by atoms with Crippen LogP contribution in [0.3, 0.4) is 0 Å². The second-order valence-electron chi connectivity index (χ2n) is 9.21. The molecule has 2 heterocycles. The van der Waals surface area contributed by atoms with Gasteiger partial charge in [0.15, 0.2) is 0 Å². The van der Waals surface area contributed by atoms with Gasteiger partial charge in [-0.1, -0.05) is 60.7 Å². The molecule has 0 amide bonds. The summed E-state index contributed by atoms with van der Waals surface area (Å²) in [6.07, 6.45) is 7.07. The number of aliphatic hydroxyl groups is 1. The Morgan fingerprint density at radius 3 is 2.17 bits per heavy atom. The van der Waals surface area contributed by atoms with Crippen LogP contribution in [0.5, 0.6) is 0 Å². The molecule has 1 unspecified atom stereocenters. The average Bonchev–Trinajstić information content (AvgIpc) is 2.80. The molecule has 1 N–H and O–H groups in total. The van der Waals surface area contributed by atoms with E-state index in [1.807, 2.05) is 0 Å². The minimum absolute atomic E-state index is 0.0786. The Kier molecular flexibility index (Phi) is 7.02. The third kappa shape index (κ3) is 5.48. The van der Waals surface area contributed by atoms with Crippen LogP contribution in [0.25, 0.3) is 0 Å². The molecule has 29 heavy (non-hydrogen) atoms. The molecule has 0 bridgehead atoms. The fourth-order valence-electron chi connectivity index (χ4n) is 5.31. The van der Waals surface area contributed by atoms with E-state index in [4.69, 9.17) is 0 Å². The van der Waals surface area contributed by atoms with E-state index in [1.54, 1.807) is 0 Å². The van der Waals surface area contributed by atoms with E-state index in [1.165, 1.54) is 56.4 Å². The monoisotopic (exact) mass is 392 g/mol. The molecule has 0 aliphatic carbocycles. The van der Waals surface area contributed by atoms with Crippen molar-refractivity contribution < 1.29 is 5.11 Å². The van der Waals surface area contributed by atoms with Gasteiger partial charge in [0.05, 0.1) is 0 Å². The molecule has 0 spiro atoms. The van der Waals surface area contributed by atoms with Gasteiger partial charge in [0.25, 0.3) is 0 Å². The predicted molar refractivity (Wildman–Crippen MR) is 120 cm³/mol. The van der Waals surface area contributed by atoms with Gasteiger partial charge in [-0.15, -0.1) is 0 Å². The number of likely N-dealkylation sites (tertiary alicyclic amines) is 2. The Hall–Kier alpha value is -1.68. The summed E-state index contributed by atoms with van der Waals surface area (Å²) in [5, 5.41) is 10.3. The molecule has 2 aliphatic rings. The summed E-state index contributed by atoms with van der Waals surface area (Å²) in [5.41, 5.74) is 2.89. The summed E-state index contributed by atoms with van der Waals surface area (Å²) in [6, 6.07) is 22.3. The molecule has 0 aromatic heterocycles. The average molecular weight is 393 g/mol. The number of aliphatic hydroxyl groups excluding tert-OH is 1. The van der Waals surface area contributed by atoms with Crippen LogP contribution in [0.15, 0.2) is 60.7 Å². The molecule has 156 valence electrons. The van der Waals surface area contributed by atoms with Gasteiger partial charge in [0.2, 0.25) is 0 Å². The molecule has 4 rings (SSSR count). The van der Waals surface area contributed by atoms with Gasteiger partial charge in [-0.05, 0) is 69.3 Å². The minimum atomic E-state index is 0.0786. The first-order chi connectivity index (χ1) is 14.3. The summed E-state index contributed by atoms with van der Waals surface area (Å²) < 4.78 is 0. The highest BCUT2D eigenvalue weighted by Gasteiger charge is 2.37. The first kappa shape index (κ1) is 20.6. The minimum Gasteiger partial charge on any atom is -0.396 e. The Morgan fingerprint density at radius 1 is 0.862 bits per heavy atom. The van der Waals surface area contributed by atoms with Gasteiger partial charge in [-0.2, -0.15) is 0 Å². The molecule has 2 saturated heterocycles. The third-order valence-electron chi connectivity index (χ3n) is 7.14. The van der Waals surface area contributed by atoms with Crippen molar-refractivity contribution in [3.8, 4) is 0 Å². The van der Waals surface area contributed by atoms with E-state index >= 15 is 0 Å². The maximum absolute atomic E-state index is 10.3. The van der Waals surface area contributed by atoms with E-state index in [9.17, 15) is 5.11 Å². The Labute approximate surface area is 176 Å². The fourth-order valence-corrected chi connectivity index (χ4v) is 5.31. The van der Waals surface area contributed by atoms with Crippen molar-refractivity contribution in [2.75, 3.05) is 32.8 Å². The lowest BCUT2D eigenvalue weighted by Crippen LogP contribution is -2.52. The zero-order chi connectivity index (χ0) is 19.9. The number of piperidine rings is 2. The van der Waals surface area contributed by atoms with Crippen LogP contribution in [0, 0.1) is 5.41 Å². The lowest BCUT2D eigenvalue weighted by atomic mass is 9.75. The number of hydrogen-bond acceptors (Lipinski definition) is 3. The van der Waals surface area contributed by atoms with E-state index in [-0.39, 0.29) is 5.41 Å².